The molecule has 3 N–H and O–H groups in total. The number of hydrogen-bond acceptors (Lipinski definition) is 3. The highest BCUT2D eigenvalue weighted by atomic mass is 16.3. The number of aromatic hydroxyl groups is 1. The molecule has 0 spiro atoms. The standard InChI is InChI=1S/C16H25NO2/c1-16(2)8-4-5-11-12(15(19)10-17-3)6-7-14(18)13(11)9-16/h6-7,15,17-19H,4-5,8-10H2,1-3H3/t15-/m0/s1. The van der Waals surface area contributed by atoms with Crippen LogP contribution in [0.25, 0.3) is 0 Å². The van der Waals surface area contributed by atoms with Crippen LogP contribution in [-0.4, -0.2) is 23.8 Å². The van der Waals surface area contributed by atoms with Gasteiger partial charge in [0.05, 0.1) is 6.10 Å². The number of phenolic OH excluding ortho intramolecular Hbond substituents is 1. The second-order valence-corrected chi connectivity index (χ2v) is 6.40. The molecule has 106 valence electrons. The Morgan fingerprint density at radius 2 is 2.05 bits per heavy atom. The molecule has 0 saturated heterocycles. The fraction of sp³-hybridized carbons (Fsp3) is 0.625. The first-order valence-electron chi connectivity index (χ1n) is 7.11. The third-order valence-electron chi connectivity index (χ3n) is 4.13. The lowest BCUT2D eigenvalue weighted by Crippen LogP contribution is -2.19. The predicted molar refractivity (Wildman–Crippen MR) is 77.4 cm³/mol. The Morgan fingerprint density at radius 1 is 1.32 bits per heavy atom. The number of hydrogen-bond donors (Lipinski definition) is 3. The molecule has 0 heterocycles. The average Bonchev–Trinajstić information content (AvgIpc) is 2.48. The fourth-order valence-electron chi connectivity index (χ4n) is 3.12. The number of nitrogens with one attached hydrogen (secondary N) is 1. The first-order chi connectivity index (χ1) is 8.94. The summed E-state index contributed by atoms with van der Waals surface area (Å²) in [6, 6.07) is 3.60. The lowest BCUT2D eigenvalue weighted by molar-refractivity contribution is 0.176. The Morgan fingerprint density at radius 3 is 2.74 bits per heavy atom. The van der Waals surface area contributed by atoms with Gasteiger partial charge < -0.3 is 15.5 Å². The summed E-state index contributed by atoms with van der Waals surface area (Å²) in [5, 5.41) is 23.4. The van der Waals surface area contributed by atoms with Gasteiger partial charge in [0.25, 0.3) is 0 Å². The molecule has 1 aliphatic rings. The van der Waals surface area contributed by atoms with Gasteiger partial charge in [0.2, 0.25) is 0 Å². The van der Waals surface area contributed by atoms with Crippen LogP contribution in [0, 0.1) is 5.41 Å². The van der Waals surface area contributed by atoms with Crippen LogP contribution in [0.4, 0.5) is 0 Å². The Balaban J connectivity index is 2.44. The topological polar surface area (TPSA) is 52.5 Å². The van der Waals surface area contributed by atoms with E-state index in [1.165, 1.54) is 0 Å². The maximum absolute atomic E-state index is 10.2. The van der Waals surface area contributed by atoms with E-state index in [0.29, 0.717) is 12.3 Å². The fourth-order valence-corrected chi connectivity index (χ4v) is 3.12. The van der Waals surface area contributed by atoms with Crippen molar-refractivity contribution in [3.63, 3.8) is 0 Å². The molecule has 1 aromatic rings. The SMILES string of the molecule is CNC[C@H](O)c1ccc(O)c2c1CCCC(C)(C)C2. The van der Waals surface area contributed by atoms with Crippen molar-refractivity contribution in [2.24, 2.45) is 5.41 Å². The van der Waals surface area contributed by atoms with E-state index in [-0.39, 0.29) is 5.41 Å². The van der Waals surface area contributed by atoms with Gasteiger partial charge in [-0.3, -0.25) is 0 Å². The zero-order valence-corrected chi connectivity index (χ0v) is 12.2. The van der Waals surface area contributed by atoms with Gasteiger partial charge in [-0.05, 0) is 60.9 Å². The van der Waals surface area contributed by atoms with Gasteiger partial charge in [0.15, 0.2) is 0 Å². The van der Waals surface area contributed by atoms with Gasteiger partial charge in [-0.25, -0.2) is 0 Å². The van der Waals surface area contributed by atoms with Crippen molar-refractivity contribution >= 4 is 0 Å². The zero-order valence-electron chi connectivity index (χ0n) is 12.2. The summed E-state index contributed by atoms with van der Waals surface area (Å²) in [6.07, 6.45) is 3.60. The number of fused-ring (bicyclic) bond motifs is 1. The summed E-state index contributed by atoms with van der Waals surface area (Å²) in [7, 11) is 1.84. The Hall–Kier alpha value is -1.06. The first kappa shape index (κ1) is 14.4. The molecule has 0 saturated carbocycles. The molecule has 1 aromatic carbocycles. The molecule has 0 unspecified atom stereocenters. The third-order valence-corrected chi connectivity index (χ3v) is 4.13. The molecule has 0 aliphatic heterocycles. The zero-order chi connectivity index (χ0) is 14.0. The monoisotopic (exact) mass is 263 g/mol. The smallest absolute Gasteiger partial charge is 0.119 e. The Kier molecular flexibility index (Phi) is 4.16. The van der Waals surface area contributed by atoms with E-state index in [0.717, 1.165) is 42.4 Å². The summed E-state index contributed by atoms with van der Waals surface area (Å²) < 4.78 is 0. The average molecular weight is 263 g/mol. The van der Waals surface area contributed by atoms with E-state index in [4.69, 9.17) is 0 Å². The summed E-state index contributed by atoms with van der Waals surface area (Å²) >= 11 is 0. The first-order valence-corrected chi connectivity index (χ1v) is 7.11. The molecule has 0 radical (unpaired) electrons. The lowest BCUT2D eigenvalue weighted by Gasteiger charge is -2.24. The second-order valence-electron chi connectivity index (χ2n) is 6.40. The minimum atomic E-state index is -0.499. The maximum Gasteiger partial charge on any atom is 0.119 e. The van der Waals surface area contributed by atoms with Crippen LogP contribution in [0.5, 0.6) is 5.75 Å². The number of likely N-dealkylation sites (N-methyl/N-ethyl adjacent to an activating group) is 1. The number of aliphatic hydroxyl groups is 1. The molecule has 1 atom stereocenters. The summed E-state index contributed by atoms with van der Waals surface area (Å²) in [6.45, 7) is 5.04. The van der Waals surface area contributed by atoms with Gasteiger partial charge in [-0.15, -0.1) is 0 Å². The van der Waals surface area contributed by atoms with E-state index < -0.39 is 6.10 Å². The number of benzene rings is 1. The van der Waals surface area contributed by atoms with E-state index in [2.05, 4.69) is 19.2 Å². The molecule has 3 heteroatoms. The minimum absolute atomic E-state index is 0.218. The van der Waals surface area contributed by atoms with Crippen molar-refractivity contribution in [3.05, 3.63) is 28.8 Å². The van der Waals surface area contributed by atoms with Crippen molar-refractivity contribution in [1.82, 2.24) is 5.32 Å². The van der Waals surface area contributed by atoms with Gasteiger partial charge >= 0.3 is 0 Å². The number of phenols is 1. The predicted octanol–water partition coefficient (Wildman–Crippen LogP) is 2.55. The Labute approximate surface area is 115 Å². The summed E-state index contributed by atoms with van der Waals surface area (Å²) in [5.74, 6) is 0.380. The van der Waals surface area contributed by atoms with Gasteiger partial charge in [-0.1, -0.05) is 19.9 Å². The lowest BCUT2D eigenvalue weighted by atomic mass is 9.82. The number of rotatable bonds is 3. The molecule has 1 aliphatic carbocycles. The molecular weight excluding hydrogens is 238 g/mol. The van der Waals surface area contributed by atoms with E-state index in [9.17, 15) is 10.2 Å². The van der Waals surface area contributed by atoms with Crippen LogP contribution < -0.4 is 5.32 Å². The minimum Gasteiger partial charge on any atom is -0.508 e. The highest BCUT2D eigenvalue weighted by Crippen LogP contribution is 2.39. The van der Waals surface area contributed by atoms with Crippen LogP contribution >= 0.6 is 0 Å². The summed E-state index contributed by atoms with van der Waals surface area (Å²) in [5.41, 5.74) is 3.39. The van der Waals surface area contributed by atoms with E-state index in [1.807, 2.05) is 13.1 Å². The third kappa shape index (κ3) is 3.10. The van der Waals surface area contributed by atoms with Crippen LogP contribution in [0.1, 0.15) is 49.5 Å². The van der Waals surface area contributed by atoms with Crippen LogP contribution in [0.3, 0.4) is 0 Å². The number of aliphatic hydroxyl groups excluding tert-OH is 1. The van der Waals surface area contributed by atoms with Crippen LogP contribution in [0.15, 0.2) is 12.1 Å². The van der Waals surface area contributed by atoms with Gasteiger partial charge in [0.1, 0.15) is 5.75 Å². The normalized spacial score (nSPS) is 19.6. The van der Waals surface area contributed by atoms with Gasteiger partial charge in [0, 0.05) is 6.54 Å². The Bertz CT molecular complexity index is 454. The molecule has 0 aromatic heterocycles. The summed E-state index contributed by atoms with van der Waals surface area (Å²) in [4.78, 5) is 0. The molecule has 0 fully saturated rings. The molecule has 0 bridgehead atoms. The van der Waals surface area contributed by atoms with Crippen molar-refractivity contribution in [1.29, 1.82) is 0 Å². The van der Waals surface area contributed by atoms with Crippen molar-refractivity contribution in [2.75, 3.05) is 13.6 Å². The van der Waals surface area contributed by atoms with Crippen molar-refractivity contribution in [3.8, 4) is 5.75 Å². The molecule has 19 heavy (non-hydrogen) atoms. The highest BCUT2D eigenvalue weighted by molar-refractivity contribution is 5.46. The van der Waals surface area contributed by atoms with Crippen molar-refractivity contribution in [2.45, 2.75) is 45.6 Å². The molecule has 3 nitrogen and oxygen atoms in total. The van der Waals surface area contributed by atoms with Crippen molar-refractivity contribution < 1.29 is 10.2 Å². The van der Waals surface area contributed by atoms with Gasteiger partial charge in [-0.2, -0.15) is 0 Å². The maximum atomic E-state index is 10.2. The van der Waals surface area contributed by atoms with E-state index >= 15 is 0 Å². The molecule has 0 amide bonds. The molecule has 2 rings (SSSR count). The van der Waals surface area contributed by atoms with Crippen LogP contribution in [0.2, 0.25) is 0 Å². The largest absolute Gasteiger partial charge is 0.508 e. The highest BCUT2D eigenvalue weighted by Gasteiger charge is 2.27. The quantitative estimate of drug-likeness (QED) is 0.735. The van der Waals surface area contributed by atoms with E-state index in [1.54, 1.807) is 6.07 Å². The molecular formula is C16H25NO2. The second kappa shape index (κ2) is 5.51. The van der Waals surface area contributed by atoms with Crippen LogP contribution in [-0.2, 0) is 12.8 Å².